The first kappa shape index (κ1) is 43.1. The Morgan fingerprint density at radius 3 is 2.22 bits per heavy atom. The van der Waals surface area contributed by atoms with Gasteiger partial charge in [0.1, 0.15) is 43.2 Å². The minimum Gasteiger partial charge on any atom is -0.462 e. The number of aliphatic hydroxyl groups excluding tert-OH is 10. The highest BCUT2D eigenvalue weighted by Gasteiger charge is 2.69. The average molecular weight is 783 g/mol. The third-order valence-corrected chi connectivity index (χ3v) is 16.4. The zero-order valence-corrected chi connectivity index (χ0v) is 33.2. The summed E-state index contributed by atoms with van der Waals surface area (Å²) in [6.45, 7) is 10.3. The molecular formula is C41H66O14. The Morgan fingerprint density at radius 1 is 0.891 bits per heavy atom. The molecule has 14 nitrogen and oxygen atoms in total. The maximum absolute atomic E-state index is 13.7. The average Bonchev–Trinajstić information content (AvgIpc) is 3.15. The number of rotatable bonds is 10. The molecule has 1 aliphatic heterocycles. The summed E-state index contributed by atoms with van der Waals surface area (Å²) in [5, 5.41) is 105. The van der Waals surface area contributed by atoms with Crippen LogP contribution in [-0.4, -0.2) is 145 Å². The lowest BCUT2D eigenvalue weighted by Gasteiger charge is -2.70. The van der Waals surface area contributed by atoms with E-state index in [9.17, 15) is 50.8 Å². The van der Waals surface area contributed by atoms with Crippen LogP contribution >= 0.6 is 0 Å². The van der Waals surface area contributed by atoms with Gasteiger partial charge in [0.25, 0.3) is 0 Å². The van der Waals surface area contributed by atoms with Crippen molar-refractivity contribution in [1.82, 2.24) is 0 Å². The van der Waals surface area contributed by atoms with Crippen LogP contribution in [0.1, 0.15) is 92.9 Å². The Labute approximate surface area is 323 Å². The van der Waals surface area contributed by atoms with Gasteiger partial charge in [0.05, 0.1) is 43.5 Å². The zero-order valence-electron chi connectivity index (χ0n) is 33.2. The van der Waals surface area contributed by atoms with Gasteiger partial charge in [-0.3, -0.25) is 4.79 Å². The molecule has 55 heavy (non-hydrogen) atoms. The molecule has 0 amide bonds. The van der Waals surface area contributed by atoms with Crippen molar-refractivity contribution in [2.75, 3.05) is 26.4 Å². The second-order valence-corrected chi connectivity index (χ2v) is 19.3. The predicted octanol–water partition coefficient (Wildman–Crippen LogP) is 0.455. The highest BCUT2D eigenvalue weighted by atomic mass is 16.7. The normalized spacial score (nSPS) is 49.9. The number of hydrogen-bond donors (Lipinski definition) is 10. The molecule has 14 heteroatoms. The molecule has 0 aromatic carbocycles. The molecule has 6 rings (SSSR count). The predicted molar refractivity (Wildman–Crippen MR) is 197 cm³/mol. The molecule has 1 heterocycles. The van der Waals surface area contributed by atoms with Gasteiger partial charge >= 0.3 is 5.97 Å². The lowest BCUT2D eigenvalue weighted by Crippen LogP contribution is -2.66. The van der Waals surface area contributed by atoms with Gasteiger partial charge in [0, 0.05) is 16.2 Å². The SMILES string of the molecule is C[C@H]1O[C@@H](O[C@H]2CC[C@@]3(C)C(CC[C@]4(C)C3C=CC3=C5C[C@](C)(C(=O)OC[C@@H](O)[C@@H](O)[C@@H](O)CO)CC[C@]5(CO)[C@H](O)C[C@]34C)[C@]2(C)CO)[C@H](O)[C@@H](O)[C@H]1O. The van der Waals surface area contributed by atoms with Gasteiger partial charge in [-0.1, -0.05) is 45.4 Å². The van der Waals surface area contributed by atoms with E-state index < -0.39 is 102 Å². The van der Waals surface area contributed by atoms with E-state index in [-0.39, 0.29) is 42.3 Å². The minimum absolute atomic E-state index is 0.0110. The lowest BCUT2D eigenvalue weighted by atomic mass is 9.35. The fraction of sp³-hybridized carbons (Fsp3) is 0.878. The summed E-state index contributed by atoms with van der Waals surface area (Å²) in [5.41, 5.74) is -2.18. The standard InChI is InChI=1S/C41H66O14/c1-21-30(48)32(50)33(51)34(54-21)55-29-10-11-37(3)26(38(29,4)19-43)9-12-39(5)27(37)8-7-22-23-15-36(2,35(52)53-18-25(46)31(49)24(45)17-42)13-14-41(23,20-44)28(47)16-40(22,39)6/h7-8,21,24-34,42-51H,9-20H2,1-6H3/t21-,24+,25-,26?,27?,28-,29+,30+,31+,32+,33-,34+,36-,37+,38+,39-,40-,41-/m1/s1. The molecule has 18 atom stereocenters. The monoisotopic (exact) mass is 782 g/mol. The van der Waals surface area contributed by atoms with Crippen molar-refractivity contribution in [3.05, 3.63) is 23.3 Å². The van der Waals surface area contributed by atoms with Crippen LogP contribution in [0.4, 0.5) is 0 Å². The Balaban J connectivity index is 1.31. The summed E-state index contributed by atoms with van der Waals surface area (Å²) in [4.78, 5) is 13.7. The zero-order chi connectivity index (χ0) is 40.7. The van der Waals surface area contributed by atoms with Gasteiger partial charge in [-0.25, -0.2) is 0 Å². The molecule has 6 aliphatic rings. The minimum atomic E-state index is -1.71. The summed E-state index contributed by atoms with van der Waals surface area (Å²) in [6.07, 6.45) is -3.95. The topological polar surface area (TPSA) is 247 Å². The van der Waals surface area contributed by atoms with Crippen LogP contribution in [0.2, 0.25) is 0 Å². The number of carbonyl (C=O) groups excluding carboxylic acids is 1. The van der Waals surface area contributed by atoms with E-state index in [1.54, 1.807) is 13.8 Å². The van der Waals surface area contributed by atoms with E-state index in [1.165, 1.54) is 0 Å². The Kier molecular flexibility index (Phi) is 11.7. The van der Waals surface area contributed by atoms with Gasteiger partial charge in [0.15, 0.2) is 6.29 Å². The molecule has 2 unspecified atom stereocenters. The van der Waals surface area contributed by atoms with Crippen molar-refractivity contribution in [2.45, 2.75) is 154 Å². The molecule has 0 radical (unpaired) electrons. The first-order chi connectivity index (χ1) is 25.6. The summed E-state index contributed by atoms with van der Waals surface area (Å²) in [5.74, 6) is -0.600. The van der Waals surface area contributed by atoms with Crippen LogP contribution < -0.4 is 0 Å². The molecule has 0 bridgehead atoms. The highest BCUT2D eigenvalue weighted by Crippen LogP contribution is 2.74. The second kappa shape index (κ2) is 14.9. The van der Waals surface area contributed by atoms with Crippen molar-refractivity contribution in [3.8, 4) is 0 Å². The van der Waals surface area contributed by atoms with Crippen molar-refractivity contribution in [2.24, 2.45) is 44.3 Å². The first-order valence-corrected chi connectivity index (χ1v) is 20.1. The Hall–Kier alpha value is -1.53. The number of carbonyl (C=O) groups is 1. The number of allylic oxidation sites excluding steroid dienone is 3. The molecule has 10 N–H and O–H groups in total. The maximum Gasteiger partial charge on any atom is 0.312 e. The quantitative estimate of drug-likeness (QED) is 0.107. The van der Waals surface area contributed by atoms with E-state index >= 15 is 0 Å². The molecule has 0 aromatic rings. The van der Waals surface area contributed by atoms with Gasteiger partial charge < -0.3 is 65.3 Å². The van der Waals surface area contributed by atoms with E-state index in [4.69, 9.17) is 19.3 Å². The van der Waals surface area contributed by atoms with Crippen LogP contribution in [0.5, 0.6) is 0 Å². The first-order valence-electron chi connectivity index (χ1n) is 20.1. The molecular weight excluding hydrogens is 716 g/mol. The Bertz CT molecular complexity index is 1500. The summed E-state index contributed by atoms with van der Waals surface area (Å²) < 4.78 is 17.7. The van der Waals surface area contributed by atoms with E-state index in [1.807, 2.05) is 6.92 Å². The molecule has 3 saturated carbocycles. The Morgan fingerprint density at radius 2 is 1.58 bits per heavy atom. The van der Waals surface area contributed by atoms with Crippen molar-refractivity contribution in [3.63, 3.8) is 0 Å². The van der Waals surface area contributed by atoms with Crippen LogP contribution in [0, 0.1) is 44.3 Å². The maximum atomic E-state index is 13.7. The van der Waals surface area contributed by atoms with Crippen LogP contribution in [0.15, 0.2) is 23.3 Å². The molecule has 0 aromatic heterocycles. The van der Waals surface area contributed by atoms with Crippen molar-refractivity contribution in [1.29, 1.82) is 0 Å². The van der Waals surface area contributed by atoms with E-state index in [0.717, 1.165) is 30.4 Å². The van der Waals surface area contributed by atoms with Gasteiger partial charge in [0.2, 0.25) is 0 Å². The van der Waals surface area contributed by atoms with Crippen LogP contribution in [0.3, 0.4) is 0 Å². The molecule has 1 saturated heterocycles. The van der Waals surface area contributed by atoms with Crippen LogP contribution in [-0.2, 0) is 19.0 Å². The van der Waals surface area contributed by atoms with Gasteiger partial charge in [-0.15, -0.1) is 0 Å². The molecule has 5 aliphatic carbocycles. The smallest absolute Gasteiger partial charge is 0.312 e. The molecule has 4 fully saturated rings. The largest absolute Gasteiger partial charge is 0.462 e. The third-order valence-electron chi connectivity index (χ3n) is 16.4. The van der Waals surface area contributed by atoms with E-state index in [0.29, 0.717) is 25.7 Å². The summed E-state index contributed by atoms with van der Waals surface area (Å²) >= 11 is 0. The number of fused-ring (bicyclic) bond motifs is 6. The number of esters is 1. The van der Waals surface area contributed by atoms with Gasteiger partial charge in [-0.05, 0) is 93.5 Å². The summed E-state index contributed by atoms with van der Waals surface area (Å²) in [7, 11) is 0. The fourth-order valence-electron chi connectivity index (χ4n) is 12.4. The molecule has 0 spiro atoms. The van der Waals surface area contributed by atoms with Crippen molar-refractivity contribution < 1.29 is 70.1 Å². The second-order valence-electron chi connectivity index (χ2n) is 19.3. The highest BCUT2D eigenvalue weighted by molar-refractivity contribution is 5.77. The number of aliphatic hydroxyl groups is 10. The number of ether oxygens (including phenoxy) is 3. The van der Waals surface area contributed by atoms with Crippen molar-refractivity contribution >= 4 is 5.97 Å². The fourth-order valence-corrected chi connectivity index (χ4v) is 12.4. The van der Waals surface area contributed by atoms with E-state index in [2.05, 4.69) is 32.9 Å². The number of hydrogen-bond acceptors (Lipinski definition) is 14. The van der Waals surface area contributed by atoms with Crippen LogP contribution in [0.25, 0.3) is 0 Å². The third kappa shape index (κ3) is 6.40. The lowest BCUT2D eigenvalue weighted by molar-refractivity contribution is -0.327. The van der Waals surface area contributed by atoms with Gasteiger partial charge in [-0.2, -0.15) is 0 Å². The summed E-state index contributed by atoms with van der Waals surface area (Å²) in [6, 6.07) is 0. The molecule has 314 valence electrons.